The molecule has 0 bridgehead atoms. The highest BCUT2D eigenvalue weighted by Crippen LogP contribution is 2.22. The third-order valence-corrected chi connectivity index (χ3v) is 3.36. The molecule has 7 nitrogen and oxygen atoms in total. The van der Waals surface area contributed by atoms with E-state index in [1.54, 1.807) is 18.2 Å². The number of benzene rings is 2. The maximum atomic E-state index is 12.4. The summed E-state index contributed by atoms with van der Waals surface area (Å²) in [6, 6.07) is 11.7. The summed E-state index contributed by atoms with van der Waals surface area (Å²) in [5.74, 6) is -0.558. The van der Waals surface area contributed by atoms with Gasteiger partial charge in [0.1, 0.15) is 12.4 Å². The SMILES string of the molecule is COc1ccccc1COC(=O)c1cc(NC(C)=O)cc(NC(C)=O)c1. The molecule has 2 aromatic rings. The number of hydrogen-bond donors (Lipinski definition) is 2. The summed E-state index contributed by atoms with van der Waals surface area (Å²) in [6.07, 6.45) is 0. The Bertz CT molecular complexity index is 798. The summed E-state index contributed by atoms with van der Waals surface area (Å²) in [4.78, 5) is 35.0. The Morgan fingerprint density at radius 1 is 0.923 bits per heavy atom. The van der Waals surface area contributed by atoms with Gasteiger partial charge >= 0.3 is 5.97 Å². The van der Waals surface area contributed by atoms with Crippen LogP contribution in [0.4, 0.5) is 11.4 Å². The van der Waals surface area contributed by atoms with Gasteiger partial charge in [-0.2, -0.15) is 0 Å². The first kappa shape index (κ1) is 19.0. The van der Waals surface area contributed by atoms with E-state index in [9.17, 15) is 14.4 Å². The number of anilines is 2. The van der Waals surface area contributed by atoms with Gasteiger partial charge in [-0.3, -0.25) is 9.59 Å². The third-order valence-electron chi connectivity index (χ3n) is 3.36. The second-order valence-electron chi connectivity index (χ2n) is 5.55. The van der Waals surface area contributed by atoms with Crippen LogP contribution in [0.2, 0.25) is 0 Å². The Morgan fingerprint density at radius 3 is 2.04 bits per heavy atom. The lowest BCUT2D eigenvalue weighted by atomic mass is 10.1. The van der Waals surface area contributed by atoms with Crippen LogP contribution in [0.15, 0.2) is 42.5 Å². The first-order valence-electron chi connectivity index (χ1n) is 7.88. The van der Waals surface area contributed by atoms with E-state index in [0.29, 0.717) is 17.1 Å². The molecule has 26 heavy (non-hydrogen) atoms. The zero-order valence-corrected chi connectivity index (χ0v) is 14.8. The molecule has 0 atom stereocenters. The standard InChI is InChI=1S/C19H20N2O5/c1-12(22)20-16-8-15(9-17(10-16)21-13(2)23)19(24)26-11-14-6-4-5-7-18(14)25-3/h4-10H,11H2,1-3H3,(H,20,22)(H,21,23). The van der Waals surface area contributed by atoms with Crippen LogP contribution in [-0.2, 0) is 20.9 Å². The van der Waals surface area contributed by atoms with E-state index < -0.39 is 5.97 Å². The van der Waals surface area contributed by atoms with Crippen LogP contribution in [0.1, 0.15) is 29.8 Å². The number of hydrogen-bond acceptors (Lipinski definition) is 5. The zero-order chi connectivity index (χ0) is 19.1. The molecule has 0 radical (unpaired) electrons. The summed E-state index contributed by atoms with van der Waals surface area (Å²) in [6.45, 7) is 2.73. The summed E-state index contributed by atoms with van der Waals surface area (Å²) in [5, 5.41) is 5.18. The van der Waals surface area contributed by atoms with Crippen molar-refractivity contribution in [3.63, 3.8) is 0 Å². The summed E-state index contributed by atoms with van der Waals surface area (Å²) >= 11 is 0. The van der Waals surface area contributed by atoms with Crippen LogP contribution >= 0.6 is 0 Å². The lowest BCUT2D eigenvalue weighted by Gasteiger charge is -2.12. The van der Waals surface area contributed by atoms with Crippen molar-refractivity contribution in [2.24, 2.45) is 0 Å². The number of amides is 2. The molecule has 2 amide bonds. The average molecular weight is 356 g/mol. The molecule has 136 valence electrons. The Morgan fingerprint density at radius 2 is 1.50 bits per heavy atom. The van der Waals surface area contributed by atoms with Crippen molar-refractivity contribution in [1.82, 2.24) is 0 Å². The topological polar surface area (TPSA) is 93.7 Å². The number of carbonyl (C=O) groups is 3. The van der Waals surface area contributed by atoms with Crippen molar-refractivity contribution in [2.45, 2.75) is 20.5 Å². The van der Waals surface area contributed by atoms with Gasteiger partial charge in [0.15, 0.2) is 0 Å². The molecule has 2 aromatic carbocycles. The predicted octanol–water partition coefficient (Wildman–Crippen LogP) is 2.97. The number of ether oxygens (including phenoxy) is 2. The fraction of sp³-hybridized carbons (Fsp3) is 0.211. The third kappa shape index (κ3) is 5.34. The fourth-order valence-corrected chi connectivity index (χ4v) is 2.35. The Balaban J connectivity index is 2.20. The van der Waals surface area contributed by atoms with Crippen LogP contribution in [0, 0.1) is 0 Å². The molecule has 0 aromatic heterocycles. The molecule has 7 heteroatoms. The second-order valence-corrected chi connectivity index (χ2v) is 5.55. The van der Waals surface area contributed by atoms with Crippen molar-refractivity contribution in [2.75, 3.05) is 17.7 Å². The first-order chi connectivity index (χ1) is 12.4. The number of para-hydroxylation sites is 1. The Kier molecular flexibility index (Phi) is 6.32. The van der Waals surface area contributed by atoms with Crippen LogP contribution in [0.5, 0.6) is 5.75 Å². The minimum absolute atomic E-state index is 0.0304. The molecule has 0 saturated carbocycles. The summed E-state index contributed by atoms with van der Waals surface area (Å²) < 4.78 is 10.6. The highest BCUT2D eigenvalue weighted by Gasteiger charge is 2.13. The van der Waals surface area contributed by atoms with Gasteiger partial charge in [0, 0.05) is 30.8 Å². The molecule has 0 saturated heterocycles. The van der Waals surface area contributed by atoms with E-state index in [4.69, 9.17) is 9.47 Å². The minimum atomic E-state index is -0.588. The van der Waals surface area contributed by atoms with Gasteiger partial charge in [-0.15, -0.1) is 0 Å². The normalized spacial score (nSPS) is 9.96. The van der Waals surface area contributed by atoms with Crippen molar-refractivity contribution in [3.8, 4) is 5.75 Å². The molecule has 0 aliphatic heterocycles. The smallest absolute Gasteiger partial charge is 0.338 e. The molecule has 0 unspecified atom stereocenters. The number of nitrogens with one attached hydrogen (secondary N) is 2. The van der Waals surface area contributed by atoms with Gasteiger partial charge in [-0.25, -0.2) is 4.79 Å². The van der Waals surface area contributed by atoms with E-state index in [0.717, 1.165) is 5.56 Å². The highest BCUT2D eigenvalue weighted by molar-refractivity contribution is 5.97. The molecule has 0 aliphatic rings. The van der Waals surface area contributed by atoms with E-state index in [-0.39, 0.29) is 24.0 Å². The van der Waals surface area contributed by atoms with E-state index >= 15 is 0 Å². The van der Waals surface area contributed by atoms with E-state index in [1.165, 1.54) is 33.1 Å². The van der Waals surface area contributed by atoms with Gasteiger partial charge in [0.05, 0.1) is 12.7 Å². The van der Waals surface area contributed by atoms with Crippen LogP contribution in [0.25, 0.3) is 0 Å². The van der Waals surface area contributed by atoms with Crippen LogP contribution < -0.4 is 15.4 Å². The molecule has 0 heterocycles. The number of rotatable bonds is 6. The number of carbonyl (C=O) groups excluding carboxylic acids is 3. The van der Waals surface area contributed by atoms with E-state index in [1.807, 2.05) is 12.1 Å². The van der Waals surface area contributed by atoms with Crippen LogP contribution in [-0.4, -0.2) is 24.9 Å². The lowest BCUT2D eigenvalue weighted by Crippen LogP contribution is -2.12. The van der Waals surface area contributed by atoms with Crippen molar-refractivity contribution in [1.29, 1.82) is 0 Å². The van der Waals surface area contributed by atoms with Crippen molar-refractivity contribution >= 4 is 29.2 Å². The lowest BCUT2D eigenvalue weighted by molar-refractivity contribution is -0.115. The molecule has 0 aliphatic carbocycles. The van der Waals surface area contributed by atoms with Crippen molar-refractivity contribution < 1.29 is 23.9 Å². The molecule has 2 rings (SSSR count). The first-order valence-corrected chi connectivity index (χ1v) is 7.88. The number of esters is 1. The zero-order valence-electron chi connectivity index (χ0n) is 14.8. The van der Waals surface area contributed by atoms with Crippen LogP contribution in [0.3, 0.4) is 0 Å². The molecular weight excluding hydrogens is 336 g/mol. The van der Waals surface area contributed by atoms with Gasteiger partial charge in [-0.05, 0) is 24.3 Å². The van der Waals surface area contributed by atoms with Gasteiger partial charge in [0.25, 0.3) is 0 Å². The maximum Gasteiger partial charge on any atom is 0.338 e. The average Bonchev–Trinajstić information content (AvgIpc) is 2.58. The largest absolute Gasteiger partial charge is 0.496 e. The monoisotopic (exact) mass is 356 g/mol. The van der Waals surface area contributed by atoms with Gasteiger partial charge < -0.3 is 20.1 Å². The maximum absolute atomic E-state index is 12.4. The summed E-state index contributed by atoms with van der Waals surface area (Å²) in [7, 11) is 1.54. The molecule has 2 N–H and O–H groups in total. The highest BCUT2D eigenvalue weighted by atomic mass is 16.5. The molecule has 0 spiro atoms. The van der Waals surface area contributed by atoms with Gasteiger partial charge in [0.2, 0.25) is 11.8 Å². The molecule has 0 fully saturated rings. The Hall–Kier alpha value is -3.35. The second kappa shape index (κ2) is 8.66. The van der Waals surface area contributed by atoms with Crippen molar-refractivity contribution in [3.05, 3.63) is 53.6 Å². The van der Waals surface area contributed by atoms with Gasteiger partial charge in [-0.1, -0.05) is 18.2 Å². The quantitative estimate of drug-likeness (QED) is 0.776. The number of methoxy groups -OCH3 is 1. The molecular formula is C19H20N2O5. The summed E-state index contributed by atoms with van der Waals surface area (Å²) in [5.41, 5.74) is 1.69. The Labute approximate surface area is 151 Å². The van der Waals surface area contributed by atoms with E-state index in [2.05, 4.69) is 10.6 Å². The minimum Gasteiger partial charge on any atom is -0.496 e. The fourth-order valence-electron chi connectivity index (χ4n) is 2.35. The predicted molar refractivity (Wildman–Crippen MR) is 97.2 cm³/mol.